The predicted molar refractivity (Wildman–Crippen MR) is 123 cm³/mol. The van der Waals surface area contributed by atoms with Gasteiger partial charge in [0.1, 0.15) is 5.75 Å². The van der Waals surface area contributed by atoms with Crippen LogP contribution in [-0.4, -0.2) is 38.7 Å². The van der Waals surface area contributed by atoms with E-state index in [1.165, 1.54) is 22.0 Å². The number of fused-ring (bicyclic) bond motifs is 1. The summed E-state index contributed by atoms with van der Waals surface area (Å²) in [7, 11) is 6.03. The molecule has 148 valence electrons. The van der Waals surface area contributed by atoms with Crippen molar-refractivity contribution in [2.75, 3.05) is 32.6 Å². The fraction of sp³-hybridized carbons (Fsp3) is 0.333. The van der Waals surface area contributed by atoms with Crippen molar-refractivity contribution >= 4 is 32.4 Å². The topological polar surface area (TPSA) is 15.7 Å². The van der Waals surface area contributed by atoms with Crippen molar-refractivity contribution in [3.63, 3.8) is 0 Å². The monoisotopic (exact) mass is 440 g/mol. The van der Waals surface area contributed by atoms with E-state index < -0.39 is 0 Å². The normalized spacial score (nSPS) is 12.4. The summed E-state index contributed by atoms with van der Waals surface area (Å²) in [4.78, 5) is 4.76. The third-order valence-corrected chi connectivity index (χ3v) is 5.90. The molecule has 0 N–H and O–H groups in total. The van der Waals surface area contributed by atoms with Gasteiger partial charge in [-0.1, -0.05) is 52.3 Å². The Morgan fingerprint density at radius 2 is 1.75 bits per heavy atom. The minimum Gasteiger partial charge on any atom is -0.496 e. The number of anilines is 1. The second-order valence-electron chi connectivity index (χ2n) is 7.48. The van der Waals surface area contributed by atoms with E-state index in [2.05, 4.69) is 95.3 Å². The SMILES string of the molecule is COc1ccc(Br)cc1CN(CCC(C)N(C)C)c1cccc2ccccc12. The molecule has 0 aliphatic carbocycles. The molecule has 0 spiro atoms. The van der Waals surface area contributed by atoms with Gasteiger partial charge in [-0.2, -0.15) is 0 Å². The van der Waals surface area contributed by atoms with Crippen LogP contribution in [0.25, 0.3) is 10.8 Å². The summed E-state index contributed by atoms with van der Waals surface area (Å²) in [6, 6.07) is 21.9. The Hall–Kier alpha value is -2.04. The summed E-state index contributed by atoms with van der Waals surface area (Å²) < 4.78 is 6.70. The van der Waals surface area contributed by atoms with E-state index in [1.54, 1.807) is 7.11 Å². The Morgan fingerprint density at radius 1 is 1.00 bits per heavy atom. The zero-order chi connectivity index (χ0) is 20.1. The first-order chi connectivity index (χ1) is 13.5. The lowest BCUT2D eigenvalue weighted by Crippen LogP contribution is -2.32. The van der Waals surface area contributed by atoms with Crippen LogP contribution in [0.4, 0.5) is 5.69 Å². The Morgan fingerprint density at radius 3 is 2.50 bits per heavy atom. The smallest absolute Gasteiger partial charge is 0.123 e. The largest absolute Gasteiger partial charge is 0.496 e. The van der Waals surface area contributed by atoms with E-state index in [9.17, 15) is 0 Å². The van der Waals surface area contributed by atoms with Crippen molar-refractivity contribution in [2.45, 2.75) is 25.9 Å². The molecular formula is C24H29BrN2O. The molecule has 4 heteroatoms. The maximum atomic E-state index is 5.63. The molecule has 0 amide bonds. The van der Waals surface area contributed by atoms with Gasteiger partial charge < -0.3 is 14.5 Å². The fourth-order valence-electron chi connectivity index (χ4n) is 3.45. The molecule has 0 saturated carbocycles. The molecule has 0 aliphatic heterocycles. The molecule has 1 atom stereocenters. The first kappa shape index (κ1) is 20.7. The molecule has 28 heavy (non-hydrogen) atoms. The lowest BCUT2D eigenvalue weighted by Gasteiger charge is -2.30. The highest BCUT2D eigenvalue weighted by atomic mass is 79.9. The molecular weight excluding hydrogens is 412 g/mol. The number of hydrogen-bond donors (Lipinski definition) is 0. The summed E-state index contributed by atoms with van der Waals surface area (Å²) in [5, 5.41) is 2.56. The van der Waals surface area contributed by atoms with Crippen LogP contribution in [0, 0.1) is 0 Å². The van der Waals surface area contributed by atoms with Crippen LogP contribution in [-0.2, 0) is 6.54 Å². The molecule has 0 heterocycles. The van der Waals surface area contributed by atoms with Gasteiger partial charge in [-0.15, -0.1) is 0 Å². The van der Waals surface area contributed by atoms with E-state index >= 15 is 0 Å². The van der Waals surface area contributed by atoms with Gasteiger partial charge in [-0.3, -0.25) is 0 Å². The second kappa shape index (κ2) is 9.44. The molecule has 0 aromatic heterocycles. The zero-order valence-electron chi connectivity index (χ0n) is 17.2. The molecule has 0 fully saturated rings. The van der Waals surface area contributed by atoms with Crippen molar-refractivity contribution in [2.24, 2.45) is 0 Å². The second-order valence-corrected chi connectivity index (χ2v) is 8.39. The highest BCUT2D eigenvalue weighted by Gasteiger charge is 2.16. The highest BCUT2D eigenvalue weighted by molar-refractivity contribution is 9.10. The van der Waals surface area contributed by atoms with Crippen molar-refractivity contribution < 1.29 is 4.74 Å². The molecule has 0 radical (unpaired) electrons. The lowest BCUT2D eigenvalue weighted by atomic mass is 10.1. The maximum Gasteiger partial charge on any atom is 0.123 e. The van der Waals surface area contributed by atoms with Gasteiger partial charge in [0.25, 0.3) is 0 Å². The van der Waals surface area contributed by atoms with Crippen LogP contribution in [0.3, 0.4) is 0 Å². The third-order valence-electron chi connectivity index (χ3n) is 5.41. The van der Waals surface area contributed by atoms with E-state index in [4.69, 9.17) is 4.74 Å². The third kappa shape index (κ3) is 4.86. The Bertz CT molecular complexity index is 920. The summed E-state index contributed by atoms with van der Waals surface area (Å²) >= 11 is 3.61. The molecule has 3 nitrogen and oxygen atoms in total. The molecule has 3 aromatic rings. The van der Waals surface area contributed by atoms with Crippen molar-refractivity contribution in [3.8, 4) is 5.75 Å². The number of ether oxygens (including phenoxy) is 1. The molecule has 0 saturated heterocycles. The van der Waals surface area contributed by atoms with Gasteiger partial charge >= 0.3 is 0 Å². The Labute approximate surface area is 177 Å². The van der Waals surface area contributed by atoms with Gasteiger partial charge in [-0.05, 0) is 57.1 Å². The number of halogens is 1. The van der Waals surface area contributed by atoms with Crippen molar-refractivity contribution in [1.82, 2.24) is 4.90 Å². The number of benzene rings is 3. The molecule has 3 rings (SSSR count). The Kier molecular flexibility index (Phi) is 6.97. The first-order valence-corrected chi connectivity index (χ1v) is 10.5. The van der Waals surface area contributed by atoms with Gasteiger partial charge in [0.05, 0.1) is 7.11 Å². The van der Waals surface area contributed by atoms with Crippen LogP contribution in [0.15, 0.2) is 65.1 Å². The molecule has 0 aliphatic rings. The highest BCUT2D eigenvalue weighted by Crippen LogP contribution is 2.31. The lowest BCUT2D eigenvalue weighted by molar-refractivity contribution is 0.300. The van der Waals surface area contributed by atoms with Crippen molar-refractivity contribution in [1.29, 1.82) is 0 Å². The molecule has 3 aromatic carbocycles. The van der Waals surface area contributed by atoms with Gasteiger partial charge in [-0.25, -0.2) is 0 Å². The van der Waals surface area contributed by atoms with E-state index in [-0.39, 0.29) is 0 Å². The summed E-state index contributed by atoms with van der Waals surface area (Å²) in [5.41, 5.74) is 2.45. The average molecular weight is 441 g/mol. The van der Waals surface area contributed by atoms with Crippen molar-refractivity contribution in [3.05, 3.63) is 70.7 Å². The number of rotatable bonds is 8. The van der Waals surface area contributed by atoms with Crippen LogP contribution in [0.2, 0.25) is 0 Å². The summed E-state index contributed by atoms with van der Waals surface area (Å²) in [6.07, 6.45) is 1.09. The summed E-state index contributed by atoms with van der Waals surface area (Å²) in [5.74, 6) is 0.925. The van der Waals surface area contributed by atoms with Gasteiger partial charge in [0.15, 0.2) is 0 Å². The van der Waals surface area contributed by atoms with E-state index in [0.717, 1.165) is 29.7 Å². The quantitative estimate of drug-likeness (QED) is 0.429. The molecule has 1 unspecified atom stereocenters. The zero-order valence-corrected chi connectivity index (χ0v) is 18.7. The minimum absolute atomic E-state index is 0.516. The minimum atomic E-state index is 0.516. The van der Waals surface area contributed by atoms with Crippen LogP contribution >= 0.6 is 15.9 Å². The maximum absolute atomic E-state index is 5.63. The van der Waals surface area contributed by atoms with Crippen LogP contribution in [0.5, 0.6) is 5.75 Å². The Balaban J connectivity index is 1.99. The fourth-order valence-corrected chi connectivity index (χ4v) is 3.85. The van der Waals surface area contributed by atoms with E-state index in [0.29, 0.717) is 6.04 Å². The number of nitrogens with zero attached hydrogens (tertiary/aromatic N) is 2. The number of methoxy groups -OCH3 is 1. The molecule has 0 bridgehead atoms. The van der Waals surface area contributed by atoms with Crippen LogP contribution in [0.1, 0.15) is 18.9 Å². The van der Waals surface area contributed by atoms with Gasteiger partial charge in [0, 0.05) is 40.2 Å². The number of hydrogen-bond acceptors (Lipinski definition) is 3. The first-order valence-electron chi connectivity index (χ1n) is 9.71. The standard InChI is InChI=1S/C24H29BrN2O/c1-18(26(2)3)14-15-27(17-20-16-21(25)12-13-24(20)28-4)23-11-7-9-19-8-5-6-10-22(19)23/h5-13,16,18H,14-15,17H2,1-4H3. The van der Waals surface area contributed by atoms with Crippen LogP contribution < -0.4 is 9.64 Å². The summed E-state index contributed by atoms with van der Waals surface area (Å²) in [6.45, 7) is 4.06. The van der Waals surface area contributed by atoms with E-state index in [1.807, 2.05) is 12.1 Å². The van der Waals surface area contributed by atoms with Gasteiger partial charge in [0.2, 0.25) is 0 Å². The average Bonchev–Trinajstić information content (AvgIpc) is 2.70. The predicted octanol–water partition coefficient (Wildman–Crippen LogP) is 5.96.